The van der Waals surface area contributed by atoms with E-state index in [-0.39, 0.29) is 5.41 Å². The van der Waals surface area contributed by atoms with Crippen LogP contribution in [0.25, 0.3) is 0 Å². The fourth-order valence-electron chi connectivity index (χ4n) is 2.11. The third-order valence-electron chi connectivity index (χ3n) is 2.70. The Balaban J connectivity index is 2.44. The first-order valence-electron chi connectivity index (χ1n) is 4.63. The van der Waals surface area contributed by atoms with Gasteiger partial charge in [-0.05, 0) is 18.8 Å². The summed E-state index contributed by atoms with van der Waals surface area (Å²) in [6, 6.07) is 0. The zero-order valence-electron chi connectivity index (χ0n) is 8.29. The minimum atomic E-state index is -0.398. The van der Waals surface area contributed by atoms with E-state index >= 15 is 0 Å². The van der Waals surface area contributed by atoms with Gasteiger partial charge < -0.3 is 9.63 Å². The van der Waals surface area contributed by atoms with Gasteiger partial charge in [-0.2, -0.15) is 0 Å². The fourth-order valence-corrected chi connectivity index (χ4v) is 2.11. The fraction of sp³-hybridized carbons (Fsp3) is 0.700. The molecule has 0 fully saturated rings. The van der Waals surface area contributed by atoms with Crippen LogP contribution in [-0.4, -0.2) is 10.3 Å². The Bertz CT molecular complexity index is 328. The average Bonchev–Trinajstić information content (AvgIpc) is 2.28. The molecule has 0 amide bonds. The largest absolute Gasteiger partial charge is 0.388 e. The van der Waals surface area contributed by atoms with Gasteiger partial charge in [0.2, 0.25) is 0 Å². The lowest BCUT2D eigenvalue weighted by Crippen LogP contribution is -2.24. The number of hydrogen-bond acceptors (Lipinski definition) is 3. The lowest BCUT2D eigenvalue weighted by Gasteiger charge is -2.31. The van der Waals surface area contributed by atoms with E-state index in [2.05, 4.69) is 19.0 Å². The molecule has 0 spiro atoms. The predicted octanol–water partition coefficient (Wildman–Crippen LogP) is 1.99. The van der Waals surface area contributed by atoms with E-state index in [1.165, 1.54) is 0 Å². The van der Waals surface area contributed by atoms with Crippen molar-refractivity contribution in [2.24, 2.45) is 5.41 Å². The molecule has 3 heteroatoms. The molecule has 2 rings (SSSR count). The Morgan fingerprint density at radius 1 is 1.54 bits per heavy atom. The van der Waals surface area contributed by atoms with E-state index in [0.29, 0.717) is 0 Å². The molecular weight excluding hydrogens is 166 g/mol. The van der Waals surface area contributed by atoms with Crippen molar-refractivity contribution in [2.75, 3.05) is 0 Å². The van der Waals surface area contributed by atoms with E-state index in [1.54, 1.807) is 0 Å². The lowest BCUT2D eigenvalue weighted by molar-refractivity contribution is 0.0918. The summed E-state index contributed by atoms with van der Waals surface area (Å²) in [6.07, 6.45) is 1.27. The quantitative estimate of drug-likeness (QED) is 0.665. The Labute approximate surface area is 77.7 Å². The molecule has 0 radical (unpaired) electrons. The Kier molecular flexibility index (Phi) is 1.74. The number of rotatable bonds is 0. The number of aryl methyl sites for hydroxylation is 1. The van der Waals surface area contributed by atoms with E-state index < -0.39 is 6.10 Å². The maximum atomic E-state index is 9.87. The molecule has 1 heterocycles. The van der Waals surface area contributed by atoms with Crippen LogP contribution in [0.3, 0.4) is 0 Å². The van der Waals surface area contributed by atoms with Gasteiger partial charge in [0, 0.05) is 12.0 Å². The van der Waals surface area contributed by atoms with Gasteiger partial charge in [-0.15, -0.1) is 0 Å². The van der Waals surface area contributed by atoms with Crippen molar-refractivity contribution in [3.63, 3.8) is 0 Å². The number of nitrogens with zero attached hydrogens (tertiary/aromatic N) is 1. The summed E-state index contributed by atoms with van der Waals surface area (Å²) in [4.78, 5) is 0. The average molecular weight is 181 g/mol. The second-order valence-electron chi connectivity index (χ2n) is 4.67. The molecular formula is C10H15NO2. The Morgan fingerprint density at radius 3 is 2.92 bits per heavy atom. The maximum Gasteiger partial charge on any atom is 0.143 e. The van der Waals surface area contributed by atoms with Gasteiger partial charge in [-0.1, -0.05) is 19.0 Å². The summed E-state index contributed by atoms with van der Waals surface area (Å²) >= 11 is 0. The molecule has 1 unspecified atom stereocenters. The lowest BCUT2D eigenvalue weighted by atomic mass is 9.75. The zero-order valence-corrected chi connectivity index (χ0v) is 8.29. The predicted molar refractivity (Wildman–Crippen MR) is 48.3 cm³/mol. The van der Waals surface area contributed by atoms with Crippen molar-refractivity contribution in [3.05, 3.63) is 17.0 Å². The first-order chi connectivity index (χ1) is 5.99. The molecule has 13 heavy (non-hydrogen) atoms. The standard InChI is InChI=1S/C10H15NO2/c1-6-9-7(12)4-10(2,3)5-8(9)13-11-6/h7,12H,4-5H2,1-3H3. The molecule has 0 bridgehead atoms. The van der Waals surface area contributed by atoms with Gasteiger partial charge in [0.1, 0.15) is 5.76 Å². The van der Waals surface area contributed by atoms with Crippen LogP contribution in [0.4, 0.5) is 0 Å². The zero-order chi connectivity index (χ0) is 9.64. The molecule has 1 aromatic heterocycles. The van der Waals surface area contributed by atoms with Crippen LogP contribution in [0, 0.1) is 12.3 Å². The van der Waals surface area contributed by atoms with E-state index in [4.69, 9.17) is 4.52 Å². The van der Waals surface area contributed by atoms with E-state index in [9.17, 15) is 5.11 Å². The summed E-state index contributed by atoms with van der Waals surface area (Å²) in [5.74, 6) is 0.862. The van der Waals surface area contributed by atoms with Crippen molar-refractivity contribution in [3.8, 4) is 0 Å². The van der Waals surface area contributed by atoms with Crippen molar-refractivity contribution in [1.29, 1.82) is 0 Å². The first kappa shape index (κ1) is 8.75. The van der Waals surface area contributed by atoms with Gasteiger partial charge in [0.25, 0.3) is 0 Å². The molecule has 3 nitrogen and oxygen atoms in total. The van der Waals surface area contributed by atoms with E-state index in [1.807, 2.05) is 6.92 Å². The topological polar surface area (TPSA) is 46.3 Å². The number of aromatic nitrogens is 1. The van der Waals surface area contributed by atoms with Crippen LogP contribution in [-0.2, 0) is 6.42 Å². The van der Waals surface area contributed by atoms with Crippen molar-refractivity contribution in [2.45, 2.75) is 39.7 Å². The highest BCUT2D eigenvalue weighted by Crippen LogP contribution is 2.41. The van der Waals surface area contributed by atoms with Gasteiger partial charge in [-0.3, -0.25) is 0 Å². The molecule has 72 valence electrons. The Morgan fingerprint density at radius 2 is 2.23 bits per heavy atom. The Hall–Kier alpha value is -0.830. The third-order valence-corrected chi connectivity index (χ3v) is 2.70. The van der Waals surface area contributed by atoms with Crippen LogP contribution >= 0.6 is 0 Å². The molecule has 0 saturated heterocycles. The van der Waals surface area contributed by atoms with Crippen LogP contribution < -0.4 is 0 Å². The van der Waals surface area contributed by atoms with Crippen molar-refractivity contribution < 1.29 is 9.63 Å². The van der Waals surface area contributed by atoms with Gasteiger partial charge in [-0.25, -0.2) is 0 Å². The number of fused-ring (bicyclic) bond motifs is 1. The molecule has 0 aromatic carbocycles. The summed E-state index contributed by atoms with van der Waals surface area (Å²) in [6.45, 7) is 6.15. The summed E-state index contributed by atoms with van der Waals surface area (Å²) in [7, 11) is 0. The highest BCUT2D eigenvalue weighted by atomic mass is 16.5. The second-order valence-corrected chi connectivity index (χ2v) is 4.67. The van der Waals surface area contributed by atoms with E-state index in [0.717, 1.165) is 29.9 Å². The minimum absolute atomic E-state index is 0.123. The molecule has 1 aliphatic rings. The highest BCUT2D eigenvalue weighted by molar-refractivity contribution is 5.28. The first-order valence-corrected chi connectivity index (χ1v) is 4.63. The van der Waals surface area contributed by atoms with Crippen LogP contribution in [0.5, 0.6) is 0 Å². The number of aliphatic hydroxyl groups excluding tert-OH is 1. The number of hydrogen-bond donors (Lipinski definition) is 1. The van der Waals surface area contributed by atoms with Crippen LogP contribution in [0.15, 0.2) is 4.52 Å². The van der Waals surface area contributed by atoms with Crippen molar-refractivity contribution >= 4 is 0 Å². The van der Waals surface area contributed by atoms with Gasteiger partial charge in [0.15, 0.2) is 0 Å². The SMILES string of the molecule is Cc1noc2c1C(O)CC(C)(C)C2. The molecule has 1 aliphatic carbocycles. The summed E-state index contributed by atoms with van der Waals surface area (Å²) < 4.78 is 5.18. The molecule has 1 N–H and O–H groups in total. The summed E-state index contributed by atoms with van der Waals surface area (Å²) in [5.41, 5.74) is 1.87. The van der Waals surface area contributed by atoms with Crippen LogP contribution in [0.1, 0.15) is 43.4 Å². The second kappa shape index (κ2) is 2.58. The molecule has 0 saturated carbocycles. The third kappa shape index (κ3) is 1.37. The van der Waals surface area contributed by atoms with Gasteiger partial charge in [0.05, 0.1) is 11.8 Å². The summed E-state index contributed by atoms with van der Waals surface area (Å²) in [5, 5.41) is 13.7. The maximum absolute atomic E-state index is 9.87. The molecule has 1 aromatic rings. The van der Waals surface area contributed by atoms with Crippen molar-refractivity contribution in [1.82, 2.24) is 5.16 Å². The number of aliphatic hydroxyl groups is 1. The molecule has 0 aliphatic heterocycles. The smallest absolute Gasteiger partial charge is 0.143 e. The molecule has 1 atom stereocenters. The highest BCUT2D eigenvalue weighted by Gasteiger charge is 2.35. The minimum Gasteiger partial charge on any atom is -0.388 e. The van der Waals surface area contributed by atoms with Gasteiger partial charge >= 0.3 is 0 Å². The normalized spacial score (nSPS) is 25.7. The monoisotopic (exact) mass is 181 g/mol. The van der Waals surface area contributed by atoms with Crippen LogP contribution in [0.2, 0.25) is 0 Å².